The normalized spacial score (nSPS) is 12.7. The summed E-state index contributed by atoms with van der Waals surface area (Å²) in [5.74, 6) is 0. The number of aliphatic hydroxyl groups is 1. The van der Waals surface area contributed by atoms with Crippen LogP contribution in [0.2, 0.25) is 5.02 Å². The van der Waals surface area contributed by atoms with Gasteiger partial charge >= 0.3 is 15.5 Å². The minimum Gasteiger partial charge on any atom is -0.395 e. The standard InChI is InChI=1S/C20H18ClF3N2O3S2/c1-19(2,11-27)18-8-12(5-6-25-18)13-7-17(30-10-13)15-4-3-14(9-16(15)21)26-31(28,29)20(22,23)24/h3-10,26-27H,11H2,1-2H3. The molecule has 1 aromatic carbocycles. The van der Waals surface area contributed by atoms with Gasteiger partial charge in [-0.3, -0.25) is 9.71 Å². The van der Waals surface area contributed by atoms with Gasteiger partial charge in [-0.15, -0.1) is 11.3 Å². The van der Waals surface area contributed by atoms with Crippen LogP contribution in [-0.2, 0) is 15.4 Å². The Balaban J connectivity index is 1.89. The summed E-state index contributed by atoms with van der Waals surface area (Å²) in [5, 5.41) is 11.6. The van der Waals surface area contributed by atoms with Crippen molar-refractivity contribution in [1.82, 2.24) is 4.98 Å². The Labute approximate surface area is 186 Å². The first-order valence-electron chi connectivity index (χ1n) is 8.89. The van der Waals surface area contributed by atoms with E-state index in [4.69, 9.17) is 11.6 Å². The summed E-state index contributed by atoms with van der Waals surface area (Å²) in [6.07, 6.45) is 1.66. The minimum absolute atomic E-state index is 0.0572. The molecule has 5 nitrogen and oxygen atoms in total. The summed E-state index contributed by atoms with van der Waals surface area (Å²) in [4.78, 5) is 5.08. The monoisotopic (exact) mass is 490 g/mol. The molecule has 0 spiro atoms. The molecule has 0 saturated carbocycles. The lowest BCUT2D eigenvalue weighted by Gasteiger charge is -2.21. The number of alkyl halides is 3. The quantitative estimate of drug-likeness (QED) is 0.467. The van der Waals surface area contributed by atoms with E-state index in [2.05, 4.69) is 4.98 Å². The van der Waals surface area contributed by atoms with Crippen LogP contribution in [-0.4, -0.2) is 30.6 Å². The number of aliphatic hydroxyl groups excluding tert-OH is 1. The third-order valence-electron chi connectivity index (χ3n) is 4.57. The number of hydrogen-bond acceptors (Lipinski definition) is 5. The van der Waals surface area contributed by atoms with Crippen molar-refractivity contribution in [3.63, 3.8) is 0 Å². The number of hydrogen-bond donors (Lipinski definition) is 2. The molecule has 3 rings (SSSR count). The van der Waals surface area contributed by atoms with E-state index in [1.807, 2.05) is 37.4 Å². The van der Waals surface area contributed by atoms with Crippen LogP contribution < -0.4 is 4.72 Å². The van der Waals surface area contributed by atoms with Crippen molar-refractivity contribution in [2.24, 2.45) is 0 Å². The largest absolute Gasteiger partial charge is 0.516 e. The fraction of sp³-hybridized carbons (Fsp3) is 0.250. The Kier molecular flexibility index (Phi) is 6.39. The van der Waals surface area contributed by atoms with E-state index in [1.54, 1.807) is 6.20 Å². The summed E-state index contributed by atoms with van der Waals surface area (Å²) < 4.78 is 61.7. The first kappa shape index (κ1) is 23.5. The van der Waals surface area contributed by atoms with E-state index >= 15 is 0 Å². The minimum atomic E-state index is -5.53. The van der Waals surface area contributed by atoms with Gasteiger partial charge in [-0.25, -0.2) is 0 Å². The average molecular weight is 491 g/mol. The molecule has 11 heteroatoms. The van der Waals surface area contributed by atoms with Crippen LogP contribution in [0.1, 0.15) is 19.5 Å². The Hall–Kier alpha value is -2.14. The van der Waals surface area contributed by atoms with Crippen LogP contribution in [0.3, 0.4) is 0 Å². The number of nitrogens with one attached hydrogen (secondary N) is 1. The van der Waals surface area contributed by atoms with Crippen molar-refractivity contribution in [2.75, 3.05) is 11.3 Å². The van der Waals surface area contributed by atoms with Crippen LogP contribution in [0.25, 0.3) is 21.6 Å². The van der Waals surface area contributed by atoms with Crippen molar-refractivity contribution in [3.8, 4) is 21.6 Å². The molecule has 0 saturated heterocycles. The van der Waals surface area contributed by atoms with Gasteiger partial charge < -0.3 is 5.11 Å². The molecule has 0 amide bonds. The smallest absolute Gasteiger partial charge is 0.395 e. The van der Waals surface area contributed by atoms with Crippen molar-refractivity contribution < 1.29 is 26.7 Å². The zero-order chi connectivity index (χ0) is 23.0. The number of halogens is 4. The van der Waals surface area contributed by atoms with Crippen molar-refractivity contribution in [2.45, 2.75) is 24.8 Å². The molecule has 0 aliphatic carbocycles. The third kappa shape index (κ3) is 5.03. The Morgan fingerprint density at radius 2 is 1.84 bits per heavy atom. The Morgan fingerprint density at radius 1 is 1.13 bits per heavy atom. The molecule has 0 atom stereocenters. The second-order valence-corrected chi connectivity index (χ2v) is 10.4. The van der Waals surface area contributed by atoms with Crippen LogP contribution in [0.15, 0.2) is 48.0 Å². The van der Waals surface area contributed by atoms with E-state index in [0.29, 0.717) is 5.56 Å². The summed E-state index contributed by atoms with van der Waals surface area (Å²) in [7, 11) is -5.53. The van der Waals surface area contributed by atoms with Crippen molar-refractivity contribution >= 4 is 38.6 Å². The van der Waals surface area contributed by atoms with Gasteiger partial charge in [0.2, 0.25) is 0 Å². The lowest BCUT2D eigenvalue weighted by atomic mass is 9.89. The molecular formula is C20H18ClF3N2O3S2. The van der Waals surface area contributed by atoms with E-state index in [1.165, 1.54) is 28.2 Å². The number of aromatic nitrogens is 1. The summed E-state index contributed by atoms with van der Waals surface area (Å²) >= 11 is 7.60. The van der Waals surface area contributed by atoms with Gasteiger partial charge in [0.15, 0.2) is 0 Å². The lowest BCUT2D eigenvalue weighted by molar-refractivity contribution is -0.0429. The summed E-state index contributed by atoms with van der Waals surface area (Å²) in [6.45, 7) is 3.71. The Bertz CT molecular complexity index is 1210. The SMILES string of the molecule is CC(C)(CO)c1cc(-c2csc(-c3ccc(NS(=O)(=O)C(F)(F)F)cc3Cl)c2)ccn1. The molecule has 0 bridgehead atoms. The number of anilines is 1. The highest BCUT2D eigenvalue weighted by Gasteiger charge is 2.46. The van der Waals surface area contributed by atoms with Crippen molar-refractivity contribution in [3.05, 3.63) is 58.7 Å². The summed E-state index contributed by atoms with van der Waals surface area (Å²) in [6, 6.07) is 9.40. The second-order valence-electron chi connectivity index (χ2n) is 7.42. The molecule has 2 N–H and O–H groups in total. The number of pyridine rings is 1. The van der Waals surface area contributed by atoms with Gasteiger partial charge in [0, 0.05) is 27.7 Å². The van der Waals surface area contributed by atoms with Gasteiger partial charge in [-0.05, 0) is 52.9 Å². The van der Waals surface area contributed by atoms with E-state index < -0.39 is 20.9 Å². The molecule has 166 valence electrons. The third-order valence-corrected chi connectivity index (χ3v) is 6.96. The second kappa shape index (κ2) is 8.42. The van der Waals surface area contributed by atoms with Gasteiger partial charge in [-0.1, -0.05) is 25.4 Å². The highest BCUT2D eigenvalue weighted by atomic mass is 35.5. The molecule has 0 unspecified atom stereocenters. The maximum absolute atomic E-state index is 12.6. The maximum atomic E-state index is 12.6. The van der Waals surface area contributed by atoms with Gasteiger partial charge in [0.1, 0.15) is 0 Å². The molecule has 0 aliphatic rings. The molecule has 2 aromatic heterocycles. The number of rotatable bonds is 6. The maximum Gasteiger partial charge on any atom is 0.516 e. The molecule has 0 aliphatic heterocycles. The van der Waals surface area contributed by atoms with Crippen LogP contribution in [0, 0.1) is 0 Å². The van der Waals surface area contributed by atoms with Crippen LogP contribution in [0.5, 0.6) is 0 Å². The molecule has 3 aromatic rings. The van der Waals surface area contributed by atoms with Gasteiger partial charge in [0.25, 0.3) is 0 Å². The van der Waals surface area contributed by atoms with E-state index in [0.717, 1.165) is 27.8 Å². The fourth-order valence-corrected chi connectivity index (χ4v) is 4.53. The number of thiophene rings is 1. The van der Waals surface area contributed by atoms with Gasteiger partial charge in [-0.2, -0.15) is 21.6 Å². The highest BCUT2D eigenvalue weighted by Crippen LogP contribution is 2.38. The van der Waals surface area contributed by atoms with Crippen LogP contribution in [0.4, 0.5) is 18.9 Å². The first-order valence-corrected chi connectivity index (χ1v) is 11.6. The van der Waals surface area contributed by atoms with E-state index in [-0.39, 0.29) is 17.3 Å². The predicted molar refractivity (Wildman–Crippen MR) is 117 cm³/mol. The average Bonchev–Trinajstić information content (AvgIpc) is 3.17. The molecule has 0 fully saturated rings. The zero-order valence-electron chi connectivity index (χ0n) is 16.4. The number of sulfonamides is 1. The fourth-order valence-electron chi connectivity index (χ4n) is 2.68. The highest BCUT2D eigenvalue weighted by molar-refractivity contribution is 7.93. The van der Waals surface area contributed by atoms with Gasteiger partial charge in [0.05, 0.1) is 17.3 Å². The van der Waals surface area contributed by atoms with E-state index in [9.17, 15) is 26.7 Å². The van der Waals surface area contributed by atoms with Crippen molar-refractivity contribution in [1.29, 1.82) is 0 Å². The zero-order valence-corrected chi connectivity index (χ0v) is 18.8. The topological polar surface area (TPSA) is 79.3 Å². The number of benzene rings is 1. The predicted octanol–water partition coefficient (Wildman–Crippen LogP) is 5.66. The van der Waals surface area contributed by atoms with Crippen LogP contribution >= 0.6 is 22.9 Å². The molecule has 31 heavy (non-hydrogen) atoms. The summed E-state index contributed by atoms with van der Waals surface area (Å²) in [5.41, 5.74) is -3.15. The Morgan fingerprint density at radius 3 is 2.45 bits per heavy atom. The lowest BCUT2D eigenvalue weighted by Crippen LogP contribution is -2.29. The first-order chi connectivity index (χ1) is 14.3. The molecular weight excluding hydrogens is 473 g/mol. The molecule has 0 radical (unpaired) electrons. The number of nitrogens with zero attached hydrogens (tertiary/aromatic N) is 1. The molecule has 2 heterocycles.